The minimum Gasteiger partial charge on any atom is -0.327 e. The maximum Gasteiger partial charge on any atom is 0.0348 e. The molecule has 0 aliphatic rings. The van der Waals surface area contributed by atoms with Crippen LogP contribution in [0.25, 0.3) is 16.2 Å². The molecule has 0 atom stereocenters. The largest absolute Gasteiger partial charge is 0.327 e. The zero-order valence-electron chi connectivity index (χ0n) is 7.23. The zero-order valence-corrected chi connectivity index (χ0v) is 8.05. The molecular formula is C11H11NS. The van der Waals surface area contributed by atoms with Gasteiger partial charge in [0.25, 0.3) is 0 Å². The lowest BCUT2D eigenvalue weighted by molar-refractivity contribution is 1.26. The summed E-state index contributed by atoms with van der Waals surface area (Å²) < 4.78 is 1.33. The molecule has 0 unspecified atom stereocenters. The van der Waals surface area contributed by atoms with Gasteiger partial charge in [-0.3, -0.25) is 0 Å². The smallest absolute Gasteiger partial charge is 0.0348 e. The molecule has 13 heavy (non-hydrogen) atoms. The Labute approximate surface area is 81.5 Å². The molecule has 0 fully saturated rings. The maximum absolute atomic E-state index is 5.38. The van der Waals surface area contributed by atoms with Crippen LogP contribution in [0.2, 0.25) is 0 Å². The van der Waals surface area contributed by atoms with Gasteiger partial charge >= 0.3 is 0 Å². The number of benzene rings is 1. The fourth-order valence-corrected chi connectivity index (χ4v) is 2.12. The third kappa shape index (κ3) is 1.79. The molecule has 0 saturated carbocycles. The lowest BCUT2D eigenvalue weighted by atomic mass is 10.1. The Morgan fingerprint density at radius 3 is 3.08 bits per heavy atom. The van der Waals surface area contributed by atoms with Gasteiger partial charge in [0, 0.05) is 11.2 Å². The standard InChI is InChI=1S/C11H11NS/c12-6-1-2-9-3-4-10-5-7-13-11(10)8-9/h1-5,7-8H,6,12H2. The summed E-state index contributed by atoms with van der Waals surface area (Å²) in [6, 6.07) is 8.58. The Hall–Kier alpha value is -1.12. The van der Waals surface area contributed by atoms with Crippen molar-refractivity contribution in [1.29, 1.82) is 0 Å². The molecular weight excluding hydrogens is 178 g/mol. The first kappa shape index (κ1) is 8.48. The Morgan fingerprint density at radius 2 is 2.23 bits per heavy atom. The van der Waals surface area contributed by atoms with E-state index in [1.54, 1.807) is 11.3 Å². The number of rotatable bonds is 2. The van der Waals surface area contributed by atoms with Gasteiger partial charge in [-0.15, -0.1) is 11.3 Å². The molecule has 2 N–H and O–H groups in total. The van der Waals surface area contributed by atoms with Crippen molar-refractivity contribution in [2.24, 2.45) is 5.73 Å². The zero-order chi connectivity index (χ0) is 9.10. The Bertz CT molecular complexity index is 428. The molecule has 0 spiro atoms. The Balaban J connectivity index is 2.42. The van der Waals surface area contributed by atoms with Gasteiger partial charge in [-0.2, -0.15) is 0 Å². The molecule has 0 saturated heterocycles. The molecule has 0 aliphatic heterocycles. The second-order valence-corrected chi connectivity index (χ2v) is 3.80. The van der Waals surface area contributed by atoms with Crippen molar-refractivity contribution < 1.29 is 0 Å². The highest BCUT2D eigenvalue weighted by atomic mass is 32.1. The first-order valence-electron chi connectivity index (χ1n) is 4.24. The summed E-state index contributed by atoms with van der Waals surface area (Å²) in [6.45, 7) is 0.600. The summed E-state index contributed by atoms with van der Waals surface area (Å²) in [5.41, 5.74) is 6.61. The third-order valence-electron chi connectivity index (χ3n) is 1.93. The van der Waals surface area contributed by atoms with Crippen LogP contribution in [0.1, 0.15) is 5.56 Å². The molecule has 0 bridgehead atoms. The highest BCUT2D eigenvalue weighted by Crippen LogP contribution is 2.22. The van der Waals surface area contributed by atoms with E-state index in [1.165, 1.54) is 15.6 Å². The number of hydrogen-bond acceptors (Lipinski definition) is 2. The van der Waals surface area contributed by atoms with Crippen LogP contribution >= 0.6 is 11.3 Å². The first-order chi connectivity index (χ1) is 6.40. The minimum atomic E-state index is 0.600. The van der Waals surface area contributed by atoms with E-state index in [0.717, 1.165) is 0 Å². The number of fused-ring (bicyclic) bond motifs is 1. The van der Waals surface area contributed by atoms with Crippen LogP contribution in [-0.2, 0) is 0 Å². The summed E-state index contributed by atoms with van der Waals surface area (Å²) in [7, 11) is 0. The molecule has 2 rings (SSSR count). The van der Waals surface area contributed by atoms with Crippen molar-refractivity contribution in [2.75, 3.05) is 6.54 Å². The Morgan fingerprint density at radius 1 is 1.31 bits per heavy atom. The fraction of sp³-hybridized carbons (Fsp3) is 0.0909. The average Bonchev–Trinajstić information content (AvgIpc) is 2.61. The van der Waals surface area contributed by atoms with Crippen LogP contribution in [0.3, 0.4) is 0 Å². The van der Waals surface area contributed by atoms with E-state index in [9.17, 15) is 0 Å². The average molecular weight is 189 g/mol. The monoisotopic (exact) mass is 189 g/mol. The van der Waals surface area contributed by atoms with Crippen LogP contribution < -0.4 is 5.73 Å². The van der Waals surface area contributed by atoms with Crippen molar-refractivity contribution >= 4 is 27.5 Å². The van der Waals surface area contributed by atoms with E-state index >= 15 is 0 Å². The molecule has 2 heteroatoms. The predicted octanol–water partition coefficient (Wildman–Crippen LogP) is 2.87. The Kier molecular flexibility index (Phi) is 2.43. The SMILES string of the molecule is NCC=Cc1ccc2ccsc2c1. The van der Waals surface area contributed by atoms with Crippen LogP contribution in [0, 0.1) is 0 Å². The van der Waals surface area contributed by atoms with Crippen LogP contribution in [-0.4, -0.2) is 6.54 Å². The van der Waals surface area contributed by atoms with Gasteiger partial charge in [-0.25, -0.2) is 0 Å². The second-order valence-electron chi connectivity index (χ2n) is 2.86. The summed E-state index contributed by atoms with van der Waals surface area (Å²) in [5.74, 6) is 0. The lowest BCUT2D eigenvalue weighted by Gasteiger charge is -1.93. The second kappa shape index (κ2) is 3.73. The van der Waals surface area contributed by atoms with Crippen LogP contribution in [0.15, 0.2) is 35.7 Å². The van der Waals surface area contributed by atoms with Gasteiger partial charge in [-0.1, -0.05) is 24.3 Å². The van der Waals surface area contributed by atoms with E-state index in [2.05, 4.69) is 35.7 Å². The van der Waals surface area contributed by atoms with Gasteiger partial charge in [0.15, 0.2) is 0 Å². The van der Waals surface area contributed by atoms with Gasteiger partial charge in [0.05, 0.1) is 0 Å². The topological polar surface area (TPSA) is 26.0 Å². The summed E-state index contributed by atoms with van der Waals surface area (Å²) >= 11 is 1.77. The van der Waals surface area contributed by atoms with Crippen LogP contribution in [0.4, 0.5) is 0 Å². The molecule has 0 radical (unpaired) electrons. The quantitative estimate of drug-likeness (QED) is 0.772. The molecule has 66 valence electrons. The van der Waals surface area contributed by atoms with Crippen molar-refractivity contribution in [3.63, 3.8) is 0 Å². The predicted molar refractivity (Wildman–Crippen MR) is 59.9 cm³/mol. The van der Waals surface area contributed by atoms with E-state index in [4.69, 9.17) is 5.73 Å². The summed E-state index contributed by atoms with van der Waals surface area (Å²) in [6.07, 6.45) is 4.02. The molecule has 1 aromatic carbocycles. The van der Waals surface area contributed by atoms with Crippen molar-refractivity contribution in [3.8, 4) is 0 Å². The highest BCUT2D eigenvalue weighted by Gasteiger charge is 1.93. The van der Waals surface area contributed by atoms with Gasteiger partial charge in [0.1, 0.15) is 0 Å². The highest BCUT2D eigenvalue weighted by molar-refractivity contribution is 7.17. The van der Waals surface area contributed by atoms with E-state index < -0.39 is 0 Å². The van der Waals surface area contributed by atoms with Crippen LogP contribution in [0.5, 0.6) is 0 Å². The number of hydrogen-bond donors (Lipinski definition) is 1. The molecule has 0 amide bonds. The first-order valence-corrected chi connectivity index (χ1v) is 5.12. The van der Waals surface area contributed by atoms with Crippen molar-refractivity contribution in [3.05, 3.63) is 41.3 Å². The van der Waals surface area contributed by atoms with Gasteiger partial charge < -0.3 is 5.73 Å². The van der Waals surface area contributed by atoms with Crippen molar-refractivity contribution in [1.82, 2.24) is 0 Å². The normalized spacial score (nSPS) is 11.5. The number of thiophene rings is 1. The summed E-state index contributed by atoms with van der Waals surface area (Å²) in [4.78, 5) is 0. The molecule has 1 heterocycles. The summed E-state index contributed by atoms with van der Waals surface area (Å²) in [5, 5.41) is 3.43. The molecule has 1 aromatic heterocycles. The number of nitrogens with two attached hydrogens (primary N) is 1. The molecule has 1 nitrogen and oxygen atoms in total. The van der Waals surface area contributed by atoms with E-state index in [1.807, 2.05) is 6.08 Å². The minimum absolute atomic E-state index is 0.600. The maximum atomic E-state index is 5.38. The fourth-order valence-electron chi connectivity index (χ4n) is 1.28. The molecule has 2 aromatic rings. The lowest BCUT2D eigenvalue weighted by Crippen LogP contribution is -1.91. The third-order valence-corrected chi connectivity index (χ3v) is 2.81. The van der Waals surface area contributed by atoms with E-state index in [0.29, 0.717) is 6.54 Å². The van der Waals surface area contributed by atoms with E-state index in [-0.39, 0.29) is 0 Å². The van der Waals surface area contributed by atoms with Crippen molar-refractivity contribution in [2.45, 2.75) is 0 Å². The molecule has 0 aliphatic carbocycles. The van der Waals surface area contributed by atoms with Gasteiger partial charge in [0.2, 0.25) is 0 Å². The van der Waals surface area contributed by atoms with Gasteiger partial charge in [-0.05, 0) is 28.5 Å².